The molecule has 4 rings (SSSR count). The van der Waals surface area contributed by atoms with Crippen molar-refractivity contribution in [1.82, 2.24) is 20.2 Å². The first-order valence-corrected chi connectivity index (χ1v) is 9.82. The lowest BCUT2D eigenvalue weighted by Crippen LogP contribution is -2.13. The Balaban J connectivity index is 1.36. The summed E-state index contributed by atoms with van der Waals surface area (Å²) in [4.78, 5) is 20.9. The molecule has 0 fully saturated rings. The van der Waals surface area contributed by atoms with E-state index in [2.05, 4.69) is 25.5 Å². The third-order valence-corrected chi connectivity index (χ3v) is 5.51. The fraction of sp³-hybridized carbons (Fsp3) is 0.0588. The van der Waals surface area contributed by atoms with Crippen molar-refractivity contribution in [3.63, 3.8) is 0 Å². The molecular weight excluding hydrogens is 390 g/mol. The fourth-order valence-corrected chi connectivity index (χ4v) is 3.87. The summed E-state index contributed by atoms with van der Waals surface area (Å²) in [6.07, 6.45) is 0. The fourth-order valence-electron chi connectivity index (χ4n) is 2.26. The molecule has 1 amide bonds. The van der Waals surface area contributed by atoms with Crippen molar-refractivity contribution in [1.29, 1.82) is 0 Å². The lowest BCUT2D eigenvalue weighted by molar-refractivity contribution is -0.113. The molecule has 4 aromatic rings. The van der Waals surface area contributed by atoms with E-state index in [9.17, 15) is 4.79 Å². The first-order chi connectivity index (χ1) is 12.7. The number of H-pyrrole nitrogens is 1. The van der Waals surface area contributed by atoms with Gasteiger partial charge in [0.25, 0.3) is 0 Å². The Morgan fingerprint density at radius 2 is 1.96 bits per heavy atom. The second kappa shape index (κ2) is 7.45. The molecule has 2 aromatic carbocycles. The van der Waals surface area contributed by atoms with Crippen LogP contribution >= 0.6 is 34.7 Å². The normalized spacial score (nSPS) is 11.0. The standard InChI is InChI=1S/C17H12ClN5OS2/c18-11-7-5-10(6-8-11)15-21-17(23-22-15)25-9-14(24)20-16-19-12-3-1-2-4-13(12)26-16/h1-8H,9H2,(H,19,20,24)(H,21,22,23). The topological polar surface area (TPSA) is 83.6 Å². The van der Waals surface area contributed by atoms with E-state index in [0.29, 0.717) is 21.1 Å². The van der Waals surface area contributed by atoms with Gasteiger partial charge >= 0.3 is 0 Å². The highest BCUT2D eigenvalue weighted by molar-refractivity contribution is 7.99. The number of thiazole rings is 1. The predicted molar refractivity (Wildman–Crippen MR) is 106 cm³/mol. The van der Waals surface area contributed by atoms with Gasteiger partial charge in [0.2, 0.25) is 11.1 Å². The van der Waals surface area contributed by atoms with Crippen LogP contribution in [0.3, 0.4) is 0 Å². The Labute approximate surface area is 162 Å². The van der Waals surface area contributed by atoms with Crippen LogP contribution < -0.4 is 5.32 Å². The zero-order valence-corrected chi connectivity index (χ0v) is 15.7. The average Bonchev–Trinajstić information content (AvgIpc) is 3.27. The van der Waals surface area contributed by atoms with Gasteiger partial charge in [0.05, 0.1) is 16.0 Å². The number of fused-ring (bicyclic) bond motifs is 1. The monoisotopic (exact) mass is 401 g/mol. The van der Waals surface area contributed by atoms with E-state index >= 15 is 0 Å². The predicted octanol–water partition coefficient (Wildman–Crippen LogP) is 4.47. The highest BCUT2D eigenvalue weighted by atomic mass is 35.5. The lowest BCUT2D eigenvalue weighted by atomic mass is 10.2. The molecule has 0 spiro atoms. The number of aromatic nitrogens is 4. The number of benzene rings is 2. The van der Waals surface area contributed by atoms with Crippen molar-refractivity contribution in [3.8, 4) is 11.4 Å². The molecule has 0 aliphatic carbocycles. The highest BCUT2D eigenvalue weighted by Crippen LogP contribution is 2.26. The van der Waals surface area contributed by atoms with Gasteiger partial charge < -0.3 is 5.32 Å². The minimum Gasteiger partial charge on any atom is -0.301 e. The molecule has 0 unspecified atom stereocenters. The van der Waals surface area contributed by atoms with E-state index in [1.165, 1.54) is 23.1 Å². The molecule has 2 heterocycles. The molecule has 26 heavy (non-hydrogen) atoms. The zero-order valence-electron chi connectivity index (χ0n) is 13.3. The van der Waals surface area contributed by atoms with Crippen LogP contribution in [0.4, 0.5) is 5.13 Å². The molecule has 2 aromatic heterocycles. The molecular formula is C17H12ClN5OS2. The Morgan fingerprint density at radius 1 is 1.15 bits per heavy atom. The summed E-state index contributed by atoms with van der Waals surface area (Å²) in [6.45, 7) is 0. The maximum atomic E-state index is 12.1. The van der Waals surface area contributed by atoms with E-state index in [-0.39, 0.29) is 11.7 Å². The van der Waals surface area contributed by atoms with Crippen LogP contribution in [0.2, 0.25) is 5.02 Å². The van der Waals surface area contributed by atoms with Crippen molar-refractivity contribution in [2.45, 2.75) is 5.16 Å². The number of para-hydroxylation sites is 1. The molecule has 0 saturated heterocycles. The third-order valence-electron chi connectivity index (χ3n) is 3.46. The van der Waals surface area contributed by atoms with Gasteiger partial charge in [-0.2, -0.15) is 0 Å². The molecule has 9 heteroatoms. The Hall–Kier alpha value is -2.42. The number of hydrogen-bond acceptors (Lipinski definition) is 6. The van der Waals surface area contributed by atoms with Crippen LogP contribution in [0.1, 0.15) is 0 Å². The van der Waals surface area contributed by atoms with Crippen LogP contribution in [0.15, 0.2) is 53.7 Å². The third kappa shape index (κ3) is 3.87. The smallest absolute Gasteiger partial charge is 0.236 e. The summed E-state index contributed by atoms with van der Waals surface area (Å²) < 4.78 is 1.04. The van der Waals surface area contributed by atoms with Crippen molar-refractivity contribution < 1.29 is 4.79 Å². The van der Waals surface area contributed by atoms with Crippen LogP contribution in [0, 0.1) is 0 Å². The molecule has 0 aliphatic rings. The van der Waals surface area contributed by atoms with E-state index < -0.39 is 0 Å². The van der Waals surface area contributed by atoms with E-state index in [0.717, 1.165) is 15.8 Å². The van der Waals surface area contributed by atoms with Crippen molar-refractivity contribution in [3.05, 3.63) is 53.6 Å². The number of aromatic amines is 1. The van der Waals surface area contributed by atoms with E-state index in [4.69, 9.17) is 11.6 Å². The Kier molecular flexibility index (Phi) is 4.87. The number of rotatable bonds is 5. The molecule has 6 nitrogen and oxygen atoms in total. The maximum absolute atomic E-state index is 12.1. The van der Waals surface area contributed by atoms with E-state index in [1.54, 1.807) is 12.1 Å². The molecule has 0 bridgehead atoms. The Morgan fingerprint density at radius 3 is 2.77 bits per heavy atom. The highest BCUT2D eigenvalue weighted by Gasteiger charge is 2.11. The van der Waals surface area contributed by atoms with Crippen LogP contribution in [0.5, 0.6) is 0 Å². The summed E-state index contributed by atoms with van der Waals surface area (Å²) in [7, 11) is 0. The van der Waals surface area contributed by atoms with Crippen LogP contribution in [-0.4, -0.2) is 31.8 Å². The number of amides is 1. The molecule has 0 radical (unpaired) electrons. The van der Waals surface area contributed by atoms with Crippen LogP contribution in [-0.2, 0) is 4.79 Å². The van der Waals surface area contributed by atoms with Gasteiger partial charge in [-0.05, 0) is 36.4 Å². The van der Waals surface area contributed by atoms with Gasteiger partial charge in [-0.25, -0.2) is 9.97 Å². The molecule has 0 atom stereocenters. The zero-order chi connectivity index (χ0) is 17.9. The summed E-state index contributed by atoms with van der Waals surface area (Å²) in [5.74, 6) is 0.691. The van der Waals surface area contributed by atoms with Gasteiger partial charge in [0.15, 0.2) is 11.0 Å². The van der Waals surface area contributed by atoms with E-state index in [1.807, 2.05) is 36.4 Å². The number of nitrogens with zero attached hydrogens (tertiary/aromatic N) is 3. The second-order valence-electron chi connectivity index (χ2n) is 5.30. The van der Waals surface area contributed by atoms with Crippen molar-refractivity contribution >= 4 is 56.0 Å². The minimum absolute atomic E-state index is 0.146. The van der Waals surface area contributed by atoms with Crippen LogP contribution in [0.25, 0.3) is 21.6 Å². The largest absolute Gasteiger partial charge is 0.301 e. The number of anilines is 1. The number of carbonyl (C=O) groups excluding carboxylic acids is 1. The van der Waals surface area contributed by atoms with Gasteiger partial charge in [-0.3, -0.25) is 9.89 Å². The summed E-state index contributed by atoms with van der Waals surface area (Å²) in [5.41, 5.74) is 1.76. The quantitative estimate of drug-likeness (QED) is 0.482. The van der Waals surface area contributed by atoms with Crippen molar-refractivity contribution in [2.75, 3.05) is 11.1 Å². The second-order valence-corrected chi connectivity index (χ2v) is 7.71. The summed E-state index contributed by atoms with van der Waals surface area (Å²) in [5, 5.41) is 11.6. The van der Waals surface area contributed by atoms with Gasteiger partial charge in [-0.1, -0.05) is 46.8 Å². The van der Waals surface area contributed by atoms with Gasteiger partial charge in [0, 0.05) is 10.6 Å². The maximum Gasteiger partial charge on any atom is 0.236 e. The minimum atomic E-state index is -0.146. The lowest BCUT2D eigenvalue weighted by Gasteiger charge is -1.98. The summed E-state index contributed by atoms with van der Waals surface area (Å²) >= 11 is 8.59. The van der Waals surface area contributed by atoms with Gasteiger partial charge in [0.1, 0.15) is 0 Å². The molecule has 130 valence electrons. The first kappa shape index (κ1) is 17.0. The first-order valence-electron chi connectivity index (χ1n) is 7.64. The molecule has 0 aliphatic heterocycles. The Bertz CT molecular complexity index is 1030. The number of thioether (sulfide) groups is 1. The van der Waals surface area contributed by atoms with Gasteiger partial charge in [-0.15, -0.1) is 5.10 Å². The SMILES string of the molecule is O=C(CSc1n[nH]c(-c2ccc(Cl)cc2)n1)Nc1nc2ccccc2s1. The number of halogens is 1. The summed E-state index contributed by atoms with van der Waals surface area (Å²) in [6, 6.07) is 15.1. The number of hydrogen-bond donors (Lipinski definition) is 2. The molecule has 2 N–H and O–H groups in total. The van der Waals surface area contributed by atoms with Crippen molar-refractivity contribution in [2.24, 2.45) is 0 Å². The number of nitrogens with one attached hydrogen (secondary N) is 2. The average molecular weight is 402 g/mol. The molecule has 0 saturated carbocycles. The number of carbonyl (C=O) groups is 1.